The Bertz CT molecular complexity index is 624. The minimum absolute atomic E-state index is 0.0226. The van der Waals surface area contributed by atoms with Gasteiger partial charge in [-0.2, -0.15) is 48.3 Å². The van der Waals surface area contributed by atoms with Gasteiger partial charge in [0.2, 0.25) is 0 Å². The number of hydrogen-bond donors (Lipinski definition) is 1. The van der Waals surface area contributed by atoms with E-state index in [1.54, 1.807) is 0 Å². The smallest absolute Gasteiger partial charge is 0.388 e. The molecule has 1 atom stereocenters. The first-order chi connectivity index (χ1) is 11.4. The summed E-state index contributed by atoms with van der Waals surface area (Å²) >= 11 is 5.44. The Labute approximate surface area is 143 Å². The van der Waals surface area contributed by atoms with Crippen LogP contribution in [-0.4, -0.2) is 35.0 Å². The second-order valence-corrected chi connectivity index (χ2v) is 5.63. The van der Waals surface area contributed by atoms with Crippen LogP contribution in [0, 0.1) is 0 Å². The fraction of sp³-hybridized carbons (Fsp3) is 0.538. The molecule has 0 aliphatic rings. The van der Waals surface area contributed by atoms with Crippen molar-refractivity contribution >= 4 is 11.6 Å². The first-order valence-electron chi connectivity index (χ1n) is 6.40. The topological polar surface area (TPSA) is 20.2 Å². The SMILES string of the molecule is OC(CC(F)(F)C(F)(F)C(F)(F)C(F)(F)C(F)(F)F)c1ccc(Cl)cc1. The van der Waals surface area contributed by atoms with Crippen LogP contribution in [0.25, 0.3) is 0 Å². The summed E-state index contributed by atoms with van der Waals surface area (Å²) in [6, 6.07) is 3.68. The summed E-state index contributed by atoms with van der Waals surface area (Å²) in [5.74, 6) is -28.2. The van der Waals surface area contributed by atoms with Gasteiger partial charge in [-0.3, -0.25) is 0 Å². The van der Waals surface area contributed by atoms with E-state index >= 15 is 0 Å². The minimum atomic E-state index is -7.48. The van der Waals surface area contributed by atoms with Gasteiger partial charge in [-0.05, 0) is 17.7 Å². The zero-order chi connectivity index (χ0) is 20.8. The number of alkyl halides is 11. The lowest BCUT2D eigenvalue weighted by molar-refractivity contribution is -0.423. The van der Waals surface area contributed by atoms with Crippen LogP contribution in [0.4, 0.5) is 48.3 Å². The molecule has 0 saturated heterocycles. The van der Waals surface area contributed by atoms with Crippen LogP contribution in [0.15, 0.2) is 24.3 Å². The van der Waals surface area contributed by atoms with Gasteiger partial charge in [-0.1, -0.05) is 23.7 Å². The molecule has 1 nitrogen and oxygen atoms in total. The fourth-order valence-electron chi connectivity index (χ4n) is 1.78. The van der Waals surface area contributed by atoms with E-state index in [1.807, 2.05) is 0 Å². The lowest BCUT2D eigenvalue weighted by Gasteiger charge is -2.37. The molecular formula is C13H8ClF11O. The van der Waals surface area contributed by atoms with E-state index in [1.165, 1.54) is 0 Å². The number of aliphatic hydroxyl groups excluding tert-OH is 1. The van der Waals surface area contributed by atoms with Crippen LogP contribution in [0.2, 0.25) is 5.02 Å². The summed E-state index contributed by atoms with van der Waals surface area (Å²) in [7, 11) is 0. The minimum Gasteiger partial charge on any atom is -0.388 e. The highest BCUT2D eigenvalue weighted by Gasteiger charge is 2.87. The Morgan fingerprint density at radius 2 is 1.15 bits per heavy atom. The third kappa shape index (κ3) is 3.71. The molecule has 1 unspecified atom stereocenters. The predicted molar refractivity (Wildman–Crippen MR) is 66.9 cm³/mol. The Hall–Kier alpha value is -1.30. The molecule has 26 heavy (non-hydrogen) atoms. The van der Waals surface area contributed by atoms with Crippen molar-refractivity contribution in [1.82, 2.24) is 0 Å². The molecule has 1 aromatic rings. The Morgan fingerprint density at radius 3 is 1.54 bits per heavy atom. The highest BCUT2D eigenvalue weighted by molar-refractivity contribution is 6.30. The molecule has 0 bridgehead atoms. The molecule has 150 valence electrons. The molecule has 0 aliphatic carbocycles. The molecule has 0 aliphatic heterocycles. The van der Waals surface area contributed by atoms with Crippen LogP contribution in [-0.2, 0) is 0 Å². The van der Waals surface area contributed by atoms with Crippen LogP contribution < -0.4 is 0 Å². The largest absolute Gasteiger partial charge is 0.460 e. The number of aliphatic hydroxyl groups is 1. The lowest BCUT2D eigenvalue weighted by atomic mass is 9.92. The van der Waals surface area contributed by atoms with Gasteiger partial charge in [0, 0.05) is 11.4 Å². The van der Waals surface area contributed by atoms with Gasteiger partial charge >= 0.3 is 29.9 Å². The molecule has 0 spiro atoms. The third-order valence-electron chi connectivity index (χ3n) is 3.31. The molecule has 1 rings (SSSR count). The van der Waals surface area contributed by atoms with Crippen molar-refractivity contribution in [2.24, 2.45) is 0 Å². The van der Waals surface area contributed by atoms with E-state index in [-0.39, 0.29) is 5.02 Å². The Morgan fingerprint density at radius 1 is 0.731 bits per heavy atom. The average molecular weight is 425 g/mol. The fourth-order valence-corrected chi connectivity index (χ4v) is 1.90. The maximum absolute atomic E-state index is 13.5. The Balaban J connectivity index is 3.21. The summed E-state index contributed by atoms with van der Waals surface area (Å²) in [4.78, 5) is 0. The zero-order valence-corrected chi connectivity index (χ0v) is 12.8. The molecule has 1 aromatic carbocycles. The van der Waals surface area contributed by atoms with Crippen molar-refractivity contribution in [1.29, 1.82) is 0 Å². The standard InChI is InChI=1S/C13H8ClF11O/c14-7-3-1-6(2-4-7)8(26)5-9(15,16)10(17,18)11(19,20)12(21,22)13(23,24)25/h1-4,8,26H,5H2. The second-order valence-electron chi connectivity index (χ2n) is 5.20. The number of halogens is 12. The maximum Gasteiger partial charge on any atom is 0.460 e. The molecule has 0 saturated carbocycles. The first-order valence-corrected chi connectivity index (χ1v) is 6.78. The second kappa shape index (κ2) is 6.70. The van der Waals surface area contributed by atoms with Crippen LogP contribution in [0.5, 0.6) is 0 Å². The normalized spacial score (nSPS) is 15.9. The molecule has 0 amide bonds. The number of rotatable bonds is 6. The number of hydrogen-bond acceptors (Lipinski definition) is 1. The lowest BCUT2D eigenvalue weighted by Crippen LogP contribution is -2.66. The van der Waals surface area contributed by atoms with E-state index in [0.717, 1.165) is 24.3 Å². The molecule has 0 heterocycles. The highest BCUT2D eigenvalue weighted by Crippen LogP contribution is 2.58. The van der Waals surface area contributed by atoms with Crippen LogP contribution >= 0.6 is 11.6 Å². The predicted octanol–water partition coefficient (Wildman–Crippen LogP) is 5.87. The van der Waals surface area contributed by atoms with Crippen molar-refractivity contribution in [3.8, 4) is 0 Å². The molecule has 0 fully saturated rings. The van der Waals surface area contributed by atoms with Gasteiger partial charge in [-0.15, -0.1) is 0 Å². The monoisotopic (exact) mass is 424 g/mol. The van der Waals surface area contributed by atoms with Crippen molar-refractivity contribution in [2.75, 3.05) is 0 Å². The third-order valence-corrected chi connectivity index (χ3v) is 3.56. The highest BCUT2D eigenvalue weighted by atomic mass is 35.5. The van der Waals surface area contributed by atoms with E-state index < -0.39 is 48.0 Å². The molecule has 0 radical (unpaired) electrons. The van der Waals surface area contributed by atoms with Crippen molar-refractivity contribution in [3.63, 3.8) is 0 Å². The number of benzene rings is 1. The van der Waals surface area contributed by atoms with Crippen LogP contribution in [0.1, 0.15) is 18.1 Å². The van der Waals surface area contributed by atoms with E-state index in [4.69, 9.17) is 11.6 Å². The van der Waals surface area contributed by atoms with Crippen molar-refractivity contribution < 1.29 is 53.4 Å². The van der Waals surface area contributed by atoms with E-state index in [0.29, 0.717) is 0 Å². The summed E-state index contributed by atoms with van der Waals surface area (Å²) in [6.45, 7) is 0. The molecule has 1 N–H and O–H groups in total. The quantitative estimate of drug-likeness (QED) is 0.567. The van der Waals surface area contributed by atoms with Crippen molar-refractivity contribution in [2.45, 2.75) is 42.4 Å². The average Bonchev–Trinajstić information content (AvgIpc) is 2.45. The van der Waals surface area contributed by atoms with Gasteiger partial charge in [0.05, 0.1) is 6.10 Å². The first kappa shape index (κ1) is 22.7. The Kier molecular flexibility index (Phi) is 5.86. The summed E-state index contributed by atoms with van der Waals surface area (Å²) in [5, 5.41) is 9.45. The van der Waals surface area contributed by atoms with Gasteiger partial charge in [0.1, 0.15) is 0 Å². The molecule has 13 heteroatoms. The summed E-state index contributed by atoms with van der Waals surface area (Å²) in [6.07, 6.45) is -12.3. The molecule has 0 aromatic heterocycles. The maximum atomic E-state index is 13.5. The molecular weight excluding hydrogens is 417 g/mol. The van der Waals surface area contributed by atoms with E-state index in [2.05, 4.69) is 0 Å². The van der Waals surface area contributed by atoms with Gasteiger partial charge < -0.3 is 5.11 Å². The van der Waals surface area contributed by atoms with E-state index in [9.17, 15) is 53.4 Å². The van der Waals surface area contributed by atoms with Gasteiger partial charge in [0.15, 0.2) is 0 Å². The van der Waals surface area contributed by atoms with Crippen molar-refractivity contribution in [3.05, 3.63) is 34.9 Å². The van der Waals surface area contributed by atoms with Crippen LogP contribution in [0.3, 0.4) is 0 Å². The summed E-state index contributed by atoms with van der Waals surface area (Å²) in [5.41, 5.74) is -0.532. The zero-order valence-electron chi connectivity index (χ0n) is 12.1. The van der Waals surface area contributed by atoms with Gasteiger partial charge in [0.25, 0.3) is 0 Å². The summed E-state index contributed by atoms with van der Waals surface area (Å²) < 4.78 is 141. The van der Waals surface area contributed by atoms with Gasteiger partial charge in [-0.25, -0.2) is 0 Å².